The molecule has 1 saturated heterocycles. The van der Waals surface area contributed by atoms with Crippen molar-refractivity contribution in [3.63, 3.8) is 0 Å². The summed E-state index contributed by atoms with van der Waals surface area (Å²) in [4.78, 5) is 13.9. The van der Waals surface area contributed by atoms with Gasteiger partial charge in [0.15, 0.2) is 5.82 Å². The van der Waals surface area contributed by atoms with Crippen molar-refractivity contribution in [2.24, 2.45) is 0 Å². The second kappa shape index (κ2) is 8.87. The summed E-state index contributed by atoms with van der Waals surface area (Å²) in [6.45, 7) is 11.5. The molecule has 0 bridgehead atoms. The fraction of sp³-hybridized carbons (Fsp3) is 0.500. The van der Waals surface area contributed by atoms with Crippen molar-refractivity contribution >= 4 is 11.9 Å². The Bertz CT molecular complexity index is 870. The first kappa shape index (κ1) is 21.8. The van der Waals surface area contributed by atoms with Gasteiger partial charge in [0.25, 0.3) is 0 Å². The molecule has 1 fully saturated rings. The molecule has 2 N–H and O–H groups in total. The van der Waals surface area contributed by atoms with Gasteiger partial charge in [-0.1, -0.05) is 6.07 Å². The fourth-order valence-corrected chi connectivity index (χ4v) is 3.47. The number of rotatable bonds is 4. The van der Waals surface area contributed by atoms with Gasteiger partial charge in [-0.25, -0.2) is 4.79 Å². The zero-order valence-electron chi connectivity index (χ0n) is 18.2. The molecule has 162 valence electrons. The Balaban J connectivity index is 1.63. The minimum atomic E-state index is -0.537. The first-order chi connectivity index (χ1) is 14.1. The van der Waals surface area contributed by atoms with Gasteiger partial charge in [0.05, 0.1) is 18.4 Å². The third kappa shape index (κ3) is 5.60. The Hall–Kier alpha value is -2.87. The van der Waals surface area contributed by atoms with Crippen LogP contribution >= 0.6 is 0 Å². The first-order valence-electron chi connectivity index (χ1n) is 10.1. The fourth-order valence-electron chi connectivity index (χ4n) is 3.47. The number of anilines is 1. The van der Waals surface area contributed by atoms with Crippen LogP contribution in [0.5, 0.6) is 5.75 Å². The van der Waals surface area contributed by atoms with Gasteiger partial charge in [-0.3, -0.25) is 0 Å². The lowest BCUT2D eigenvalue weighted by Crippen LogP contribution is -2.48. The molecule has 1 aromatic carbocycles. The third-order valence-corrected chi connectivity index (χ3v) is 4.70. The number of carbonyl (C=O) groups is 1. The Morgan fingerprint density at radius 1 is 1.30 bits per heavy atom. The normalized spacial score (nSPS) is 17.0. The number of morpholine rings is 1. The molecular formula is C22H30N4O4. The lowest BCUT2D eigenvalue weighted by molar-refractivity contribution is 0.0281. The summed E-state index contributed by atoms with van der Waals surface area (Å²) in [5.74, 6) is 0.933. The number of nitrogens with one attached hydrogen (secondary N) is 1. The van der Waals surface area contributed by atoms with E-state index in [0.717, 1.165) is 16.9 Å². The van der Waals surface area contributed by atoms with Crippen molar-refractivity contribution in [1.29, 1.82) is 0 Å². The average molecular weight is 415 g/mol. The Morgan fingerprint density at radius 2 is 2.07 bits per heavy atom. The van der Waals surface area contributed by atoms with E-state index in [0.29, 0.717) is 37.5 Å². The van der Waals surface area contributed by atoms with Crippen molar-refractivity contribution in [2.75, 3.05) is 31.1 Å². The monoisotopic (exact) mass is 414 g/mol. The van der Waals surface area contributed by atoms with Gasteiger partial charge in [0.2, 0.25) is 0 Å². The number of phenols is 1. The maximum Gasteiger partial charge on any atom is 0.407 e. The molecule has 1 atom stereocenters. The van der Waals surface area contributed by atoms with Gasteiger partial charge in [0, 0.05) is 25.2 Å². The molecule has 1 aliphatic heterocycles. The summed E-state index contributed by atoms with van der Waals surface area (Å²) >= 11 is 0. The Morgan fingerprint density at radius 3 is 2.70 bits per heavy atom. The molecule has 0 radical (unpaired) electrons. The number of carbonyl (C=O) groups excluding carboxylic acids is 1. The van der Waals surface area contributed by atoms with E-state index in [4.69, 9.17) is 9.47 Å². The minimum Gasteiger partial charge on any atom is -0.507 e. The van der Waals surface area contributed by atoms with Crippen LogP contribution in [0.15, 0.2) is 24.3 Å². The molecule has 8 heteroatoms. The summed E-state index contributed by atoms with van der Waals surface area (Å²) in [6, 6.07) is 7.49. The van der Waals surface area contributed by atoms with Gasteiger partial charge < -0.3 is 24.8 Å². The second-order valence-corrected chi connectivity index (χ2v) is 8.57. The largest absolute Gasteiger partial charge is 0.507 e. The number of hydrogen-bond donors (Lipinski definition) is 2. The topological polar surface area (TPSA) is 96.8 Å². The molecule has 2 heterocycles. The van der Waals surface area contributed by atoms with E-state index in [2.05, 4.69) is 20.4 Å². The van der Waals surface area contributed by atoms with Crippen LogP contribution in [-0.2, 0) is 9.47 Å². The number of aryl methyl sites for hydroxylation is 2. The molecule has 3 rings (SSSR count). The highest BCUT2D eigenvalue weighted by atomic mass is 16.6. The van der Waals surface area contributed by atoms with Crippen LogP contribution in [0.3, 0.4) is 0 Å². The summed E-state index contributed by atoms with van der Waals surface area (Å²) < 4.78 is 11.0. The van der Waals surface area contributed by atoms with Gasteiger partial charge in [0.1, 0.15) is 11.4 Å². The van der Waals surface area contributed by atoms with E-state index in [1.807, 2.05) is 52.8 Å². The number of nitrogens with zero attached hydrogens (tertiary/aromatic N) is 3. The van der Waals surface area contributed by atoms with Gasteiger partial charge in [-0.15, -0.1) is 10.2 Å². The van der Waals surface area contributed by atoms with Crippen molar-refractivity contribution in [2.45, 2.75) is 46.3 Å². The predicted octanol–water partition coefficient (Wildman–Crippen LogP) is 3.20. The van der Waals surface area contributed by atoms with E-state index in [-0.39, 0.29) is 11.9 Å². The molecule has 1 amide bonds. The molecule has 0 aliphatic carbocycles. The van der Waals surface area contributed by atoms with Crippen LogP contribution in [0, 0.1) is 13.8 Å². The SMILES string of the molecule is Cc1cc(C)c(-c2ccc(N3CCO[C@@H](CNC(=O)OC(C)(C)C)C3)nn2)c(O)c1. The molecule has 2 aromatic rings. The molecule has 1 aliphatic rings. The summed E-state index contributed by atoms with van der Waals surface area (Å²) in [7, 11) is 0. The van der Waals surface area contributed by atoms with Gasteiger partial charge in [-0.05, 0) is 63.9 Å². The van der Waals surface area contributed by atoms with Crippen molar-refractivity contribution in [3.05, 3.63) is 35.4 Å². The Labute approximate surface area is 177 Å². The number of amides is 1. The highest BCUT2D eigenvalue weighted by Crippen LogP contribution is 2.32. The number of alkyl carbamates (subject to hydrolysis) is 1. The zero-order chi connectivity index (χ0) is 21.9. The third-order valence-electron chi connectivity index (χ3n) is 4.70. The number of ether oxygens (including phenoxy) is 2. The predicted molar refractivity (Wildman–Crippen MR) is 115 cm³/mol. The van der Waals surface area contributed by atoms with E-state index in [9.17, 15) is 9.90 Å². The smallest absolute Gasteiger partial charge is 0.407 e. The number of aromatic nitrogens is 2. The summed E-state index contributed by atoms with van der Waals surface area (Å²) in [6.07, 6.45) is -0.628. The number of phenolic OH excluding ortho intramolecular Hbond substituents is 1. The second-order valence-electron chi connectivity index (χ2n) is 8.57. The van der Waals surface area contributed by atoms with E-state index < -0.39 is 11.7 Å². The van der Waals surface area contributed by atoms with E-state index in [1.54, 1.807) is 6.07 Å². The molecule has 30 heavy (non-hydrogen) atoms. The highest BCUT2D eigenvalue weighted by molar-refractivity contribution is 5.71. The van der Waals surface area contributed by atoms with E-state index in [1.165, 1.54) is 0 Å². The molecule has 8 nitrogen and oxygen atoms in total. The van der Waals surface area contributed by atoms with Crippen molar-refractivity contribution < 1.29 is 19.4 Å². The molecule has 0 saturated carbocycles. The standard InChI is InChI=1S/C22H30N4O4/c1-14-10-15(2)20(18(27)11-14)17-6-7-19(25-24-17)26-8-9-29-16(13-26)12-23-21(28)30-22(3,4)5/h6-7,10-11,16,27H,8-9,12-13H2,1-5H3,(H,23,28)/t16-/m0/s1. The number of benzene rings is 1. The maximum absolute atomic E-state index is 11.9. The van der Waals surface area contributed by atoms with Crippen LogP contribution in [0.2, 0.25) is 0 Å². The average Bonchev–Trinajstić information content (AvgIpc) is 2.65. The van der Waals surface area contributed by atoms with Gasteiger partial charge in [-0.2, -0.15) is 0 Å². The van der Waals surface area contributed by atoms with Crippen LogP contribution < -0.4 is 10.2 Å². The number of aromatic hydroxyl groups is 1. The van der Waals surface area contributed by atoms with Crippen LogP contribution in [0.4, 0.5) is 10.6 Å². The quantitative estimate of drug-likeness (QED) is 0.793. The summed E-state index contributed by atoms with van der Waals surface area (Å²) in [5, 5.41) is 21.8. The molecular weight excluding hydrogens is 384 g/mol. The first-order valence-corrected chi connectivity index (χ1v) is 10.1. The number of hydrogen-bond acceptors (Lipinski definition) is 7. The van der Waals surface area contributed by atoms with Crippen LogP contribution in [0.25, 0.3) is 11.3 Å². The van der Waals surface area contributed by atoms with Crippen LogP contribution in [-0.4, -0.2) is 59.3 Å². The molecule has 0 unspecified atom stereocenters. The lowest BCUT2D eigenvalue weighted by Gasteiger charge is -2.33. The Kier molecular flexibility index (Phi) is 6.45. The minimum absolute atomic E-state index is 0.170. The van der Waals surface area contributed by atoms with Crippen molar-refractivity contribution in [1.82, 2.24) is 15.5 Å². The van der Waals surface area contributed by atoms with Crippen LogP contribution in [0.1, 0.15) is 31.9 Å². The van der Waals surface area contributed by atoms with Crippen molar-refractivity contribution in [3.8, 4) is 17.0 Å². The highest BCUT2D eigenvalue weighted by Gasteiger charge is 2.24. The maximum atomic E-state index is 11.9. The summed E-state index contributed by atoms with van der Waals surface area (Å²) in [5.41, 5.74) is 2.74. The molecule has 1 aromatic heterocycles. The zero-order valence-corrected chi connectivity index (χ0v) is 18.2. The lowest BCUT2D eigenvalue weighted by atomic mass is 10.0. The van der Waals surface area contributed by atoms with E-state index >= 15 is 0 Å². The van der Waals surface area contributed by atoms with Gasteiger partial charge >= 0.3 is 6.09 Å². The molecule has 0 spiro atoms.